The molecule has 3 aromatic heterocycles. The van der Waals surface area contributed by atoms with Crippen LogP contribution in [-0.4, -0.2) is 36.6 Å². The molecule has 32 heavy (non-hydrogen) atoms. The molecule has 4 rings (SSSR count). The van der Waals surface area contributed by atoms with Crippen LogP contribution in [0, 0.1) is 5.82 Å². The lowest BCUT2D eigenvalue weighted by Gasteiger charge is -2.11. The Hall–Kier alpha value is -3.47. The highest BCUT2D eigenvalue weighted by atomic mass is 35.5. The van der Waals surface area contributed by atoms with Crippen LogP contribution in [0.2, 0.25) is 5.02 Å². The molecule has 12 heteroatoms. The van der Waals surface area contributed by atoms with Crippen LogP contribution in [0.4, 0.5) is 17.6 Å². The summed E-state index contributed by atoms with van der Waals surface area (Å²) in [6.07, 6.45) is 0.784. The van der Waals surface area contributed by atoms with Gasteiger partial charge in [-0.25, -0.2) is 18.9 Å². The number of rotatable bonds is 6. The molecule has 0 aliphatic heterocycles. The fraction of sp³-hybridized carbons (Fsp3) is 0.200. The summed E-state index contributed by atoms with van der Waals surface area (Å²) in [6, 6.07) is 5.58. The van der Waals surface area contributed by atoms with E-state index in [4.69, 9.17) is 11.6 Å². The van der Waals surface area contributed by atoms with E-state index in [1.165, 1.54) is 12.1 Å². The van der Waals surface area contributed by atoms with Crippen LogP contribution < -0.4 is 5.32 Å². The second-order valence-electron chi connectivity index (χ2n) is 6.84. The minimum absolute atomic E-state index is 0.0843. The van der Waals surface area contributed by atoms with E-state index >= 15 is 0 Å². The Morgan fingerprint density at radius 2 is 1.94 bits per heavy atom. The minimum atomic E-state index is -4.80. The number of benzene rings is 1. The second-order valence-corrected chi connectivity index (χ2v) is 7.22. The van der Waals surface area contributed by atoms with E-state index in [0.717, 1.165) is 18.2 Å². The van der Waals surface area contributed by atoms with Crippen LogP contribution in [0.1, 0.15) is 22.6 Å². The topological polar surface area (TPSA) is 77.1 Å². The van der Waals surface area contributed by atoms with Gasteiger partial charge in [0.05, 0.1) is 12.0 Å². The van der Waals surface area contributed by atoms with E-state index in [-0.39, 0.29) is 34.2 Å². The van der Waals surface area contributed by atoms with Gasteiger partial charge in [0.2, 0.25) is 0 Å². The molecule has 1 aromatic carbocycles. The fourth-order valence-corrected chi connectivity index (χ4v) is 3.32. The maximum Gasteiger partial charge on any atom is 0.433 e. The Kier molecular flexibility index (Phi) is 5.83. The normalized spacial score (nSPS) is 11.8. The molecule has 7 nitrogen and oxygen atoms in total. The van der Waals surface area contributed by atoms with Crippen LogP contribution in [0.15, 0.2) is 49.1 Å². The molecule has 166 valence electrons. The summed E-state index contributed by atoms with van der Waals surface area (Å²) in [5, 5.41) is 6.05. The van der Waals surface area contributed by atoms with E-state index in [0.29, 0.717) is 17.5 Å². The summed E-state index contributed by atoms with van der Waals surface area (Å²) in [7, 11) is 0. The van der Waals surface area contributed by atoms with E-state index in [9.17, 15) is 22.4 Å². The number of aryl methyl sites for hydroxylation is 1. The van der Waals surface area contributed by atoms with Gasteiger partial charge >= 0.3 is 6.18 Å². The lowest BCUT2D eigenvalue weighted by molar-refractivity contribution is -0.142. The van der Waals surface area contributed by atoms with Gasteiger partial charge in [0.25, 0.3) is 5.91 Å². The van der Waals surface area contributed by atoms with Crippen molar-refractivity contribution in [3.63, 3.8) is 0 Å². The molecular weight excluding hydrogens is 452 g/mol. The molecule has 0 bridgehead atoms. The second kappa shape index (κ2) is 8.58. The number of nitrogens with zero attached hydrogens (tertiary/aromatic N) is 5. The summed E-state index contributed by atoms with van der Waals surface area (Å²) in [5.74, 6) is -1.26. The number of hydrogen-bond acceptors (Lipinski definition) is 4. The van der Waals surface area contributed by atoms with Crippen molar-refractivity contribution in [2.24, 2.45) is 0 Å². The zero-order chi connectivity index (χ0) is 22.9. The first-order valence-corrected chi connectivity index (χ1v) is 9.78. The van der Waals surface area contributed by atoms with Crippen molar-refractivity contribution in [1.29, 1.82) is 0 Å². The Balaban J connectivity index is 1.65. The zero-order valence-corrected chi connectivity index (χ0v) is 17.0. The highest BCUT2D eigenvalue weighted by Crippen LogP contribution is 2.34. The standard InChI is InChI=1S/C20H15ClF4N6O/c21-16-17(19(32)27-6-1-8-30-9-7-26-11-30)29-31-15(20(23,24)25)10-14(28-18(16)31)12-2-4-13(22)5-3-12/h2-5,7,9-11H,1,6,8H2,(H,27,32). The molecule has 0 aliphatic rings. The van der Waals surface area contributed by atoms with Crippen molar-refractivity contribution in [3.8, 4) is 11.3 Å². The molecule has 4 aromatic rings. The van der Waals surface area contributed by atoms with E-state index in [1.807, 2.05) is 4.57 Å². The zero-order valence-electron chi connectivity index (χ0n) is 16.3. The van der Waals surface area contributed by atoms with Crippen molar-refractivity contribution in [2.75, 3.05) is 6.54 Å². The van der Waals surface area contributed by atoms with Gasteiger partial charge in [0.1, 0.15) is 10.8 Å². The van der Waals surface area contributed by atoms with Gasteiger partial charge in [0, 0.05) is 31.0 Å². The summed E-state index contributed by atoms with van der Waals surface area (Å²) in [5.41, 5.74) is -1.70. The lowest BCUT2D eigenvalue weighted by Crippen LogP contribution is -2.26. The molecule has 0 saturated carbocycles. The third kappa shape index (κ3) is 4.42. The monoisotopic (exact) mass is 466 g/mol. The van der Waals surface area contributed by atoms with Crippen molar-refractivity contribution in [1.82, 2.24) is 29.5 Å². The van der Waals surface area contributed by atoms with Crippen molar-refractivity contribution >= 4 is 23.2 Å². The van der Waals surface area contributed by atoms with E-state index < -0.39 is 23.6 Å². The van der Waals surface area contributed by atoms with Crippen molar-refractivity contribution in [3.05, 3.63) is 71.3 Å². The average molecular weight is 467 g/mol. The quantitative estimate of drug-likeness (QED) is 0.341. The smallest absolute Gasteiger partial charge is 0.351 e. The number of amides is 1. The predicted molar refractivity (Wildman–Crippen MR) is 108 cm³/mol. The first-order chi connectivity index (χ1) is 15.2. The van der Waals surface area contributed by atoms with E-state index in [1.54, 1.807) is 18.7 Å². The molecule has 1 N–H and O–H groups in total. The lowest BCUT2D eigenvalue weighted by atomic mass is 10.1. The number of carbonyl (C=O) groups excluding carboxylic acids is 1. The fourth-order valence-electron chi connectivity index (χ4n) is 3.07. The molecule has 0 aliphatic carbocycles. The molecule has 0 unspecified atom stereocenters. The number of carbonyl (C=O) groups is 1. The largest absolute Gasteiger partial charge is 0.433 e. The van der Waals surface area contributed by atoms with Crippen LogP contribution in [0.25, 0.3) is 16.9 Å². The summed E-state index contributed by atoms with van der Waals surface area (Å²) < 4.78 is 56.6. The average Bonchev–Trinajstić information content (AvgIpc) is 3.38. The van der Waals surface area contributed by atoms with Crippen molar-refractivity contribution < 1.29 is 22.4 Å². The number of fused-ring (bicyclic) bond motifs is 1. The predicted octanol–water partition coefficient (Wildman–Crippen LogP) is 4.22. The van der Waals surface area contributed by atoms with Gasteiger partial charge < -0.3 is 9.88 Å². The third-order valence-corrected chi connectivity index (χ3v) is 4.96. The van der Waals surface area contributed by atoms with Gasteiger partial charge in [-0.1, -0.05) is 11.6 Å². The number of aromatic nitrogens is 5. The number of halogens is 5. The molecule has 1 amide bonds. The van der Waals surface area contributed by atoms with Crippen molar-refractivity contribution in [2.45, 2.75) is 19.1 Å². The third-order valence-electron chi connectivity index (χ3n) is 4.62. The number of alkyl halides is 3. The van der Waals surface area contributed by atoms with Gasteiger partial charge in [0.15, 0.2) is 17.0 Å². The first-order valence-electron chi connectivity index (χ1n) is 9.40. The van der Waals surface area contributed by atoms with Gasteiger partial charge in [-0.05, 0) is 36.8 Å². The minimum Gasteiger partial charge on any atom is -0.351 e. The summed E-state index contributed by atoms with van der Waals surface area (Å²) in [6.45, 7) is 0.849. The molecule has 0 spiro atoms. The SMILES string of the molecule is O=C(NCCCn1ccnc1)c1nn2c(C(F)(F)F)cc(-c3ccc(F)cc3)nc2c1Cl. The molecule has 0 fully saturated rings. The van der Waals surface area contributed by atoms with Gasteiger partial charge in [-0.3, -0.25) is 4.79 Å². The van der Waals surface area contributed by atoms with E-state index in [2.05, 4.69) is 20.4 Å². The Bertz CT molecular complexity index is 1250. The van der Waals surface area contributed by atoms with Crippen LogP contribution >= 0.6 is 11.6 Å². The highest BCUT2D eigenvalue weighted by molar-refractivity contribution is 6.36. The first kappa shape index (κ1) is 21.8. The Morgan fingerprint density at radius 1 is 1.19 bits per heavy atom. The Labute approximate surface area is 183 Å². The molecule has 3 heterocycles. The molecular formula is C20H15ClF4N6O. The molecule has 0 radical (unpaired) electrons. The molecule has 0 atom stereocenters. The van der Waals surface area contributed by atoms with Crippen LogP contribution in [-0.2, 0) is 12.7 Å². The summed E-state index contributed by atoms with van der Waals surface area (Å²) >= 11 is 6.21. The molecule has 0 saturated heterocycles. The summed E-state index contributed by atoms with van der Waals surface area (Å²) in [4.78, 5) is 20.6. The highest BCUT2D eigenvalue weighted by Gasteiger charge is 2.36. The number of hydrogen-bond donors (Lipinski definition) is 1. The van der Waals surface area contributed by atoms with Gasteiger partial charge in [-0.2, -0.15) is 18.3 Å². The maximum atomic E-state index is 13.7. The maximum absolute atomic E-state index is 13.7. The van der Waals surface area contributed by atoms with Gasteiger partial charge in [-0.15, -0.1) is 0 Å². The Morgan fingerprint density at radius 3 is 2.59 bits per heavy atom. The number of nitrogens with one attached hydrogen (secondary N) is 1. The van der Waals surface area contributed by atoms with Crippen LogP contribution in [0.5, 0.6) is 0 Å². The number of imidazole rings is 1. The van der Waals surface area contributed by atoms with Crippen LogP contribution in [0.3, 0.4) is 0 Å².